The third-order valence-electron chi connectivity index (χ3n) is 15.6. The second kappa shape index (κ2) is 19.7. The topological polar surface area (TPSA) is 51.6 Å². The van der Waals surface area contributed by atoms with Crippen LogP contribution in [0, 0.1) is 0 Å². The number of nitrogens with zero attached hydrogens (tertiary/aromatic N) is 7. The summed E-state index contributed by atoms with van der Waals surface area (Å²) in [5, 5.41) is 1.69. The van der Waals surface area contributed by atoms with Crippen molar-refractivity contribution in [3.8, 4) is 0 Å². The standard InChI is InChI=1S/C72H52N7/c1-10-29-53(30-11-1)77(54-31-12-2-13-32-54,55-33-14-3-15-34-55)62-51-64-68(74-52-62)67-63(47-28-50-73-67)69-70(64)76-72-66(79(59-41-22-7-23-42-59,60-43-24-8-25-44-60)61-45-26-9-27-46-61)49-48-65(71(72)75-69)78(56-35-16-4-17-36-56,57-37-18-5-19-38-57)58-39-20-6-21-40-58/h1-52H/q+3. The molecule has 0 radical (unpaired) electrons. The molecule has 0 N–H and O–H groups in total. The van der Waals surface area contributed by atoms with Gasteiger partial charge >= 0.3 is 0 Å². The van der Waals surface area contributed by atoms with Crippen LogP contribution in [-0.4, -0.2) is 19.9 Å². The minimum atomic E-state index is 0.202. The van der Waals surface area contributed by atoms with Gasteiger partial charge in [0, 0.05) is 144 Å². The summed E-state index contributed by atoms with van der Waals surface area (Å²) < 4.78 is 0.668. The Kier molecular flexibility index (Phi) is 11.8. The molecule has 7 nitrogen and oxygen atoms in total. The van der Waals surface area contributed by atoms with Crippen molar-refractivity contribution < 1.29 is 0 Å². The number of hydrogen-bond donors (Lipinski definition) is 0. The van der Waals surface area contributed by atoms with E-state index in [0.29, 0.717) is 5.52 Å². The zero-order chi connectivity index (χ0) is 52.6. The monoisotopic (exact) mass is 1010 g/mol. The first-order valence-corrected chi connectivity index (χ1v) is 26.7. The van der Waals surface area contributed by atoms with E-state index in [-0.39, 0.29) is 13.4 Å². The summed E-state index contributed by atoms with van der Waals surface area (Å²) >= 11 is 0. The molecule has 372 valence electrons. The quantitative estimate of drug-likeness (QED) is 0.0695. The van der Waals surface area contributed by atoms with Crippen LogP contribution in [0.1, 0.15) is 0 Å². The molecule has 0 aliphatic rings. The van der Waals surface area contributed by atoms with Crippen LogP contribution in [0.25, 0.3) is 43.9 Å². The lowest BCUT2D eigenvalue weighted by molar-refractivity contribution is 0.697. The normalized spacial score (nSPS) is 12.1. The molecule has 0 unspecified atom stereocenters. The Bertz CT molecular complexity index is 4150. The van der Waals surface area contributed by atoms with E-state index in [1.165, 1.54) is 0 Å². The van der Waals surface area contributed by atoms with E-state index in [1.807, 2.05) is 18.5 Å². The van der Waals surface area contributed by atoms with Crippen molar-refractivity contribution in [2.75, 3.05) is 0 Å². The highest BCUT2D eigenvalue weighted by atomic mass is 15.4. The molecule has 3 aromatic heterocycles. The zero-order valence-corrected chi connectivity index (χ0v) is 43.2. The highest BCUT2D eigenvalue weighted by Gasteiger charge is 2.47. The lowest BCUT2D eigenvalue weighted by Gasteiger charge is -2.39. The number of hydrogen-bond acceptors (Lipinski definition) is 4. The van der Waals surface area contributed by atoms with Crippen molar-refractivity contribution in [1.82, 2.24) is 33.4 Å². The number of benzene rings is 11. The van der Waals surface area contributed by atoms with Crippen molar-refractivity contribution in [3.05, 3.63) is 316 Å². The number of aromatic nitrogens is 4. The maximum absolute atomic E-state index is 6.23. The van der Waals surface area contributed by atoms with Crippen LogP contribution >= 0.6 is 0 Å². The van der Waals surface area contributed by atoms with Gasteiger partial charge in [-0.15, -0.1) is 0 Å². The van der Waals surface area contributed by atoms with E-state index in [4.69, 9.17) is 19.9 Å². The Morgan fingerprint density at radius 2 is 0.481 bits per heavy atom. The Labute approximate surface area is 458 Å². The van der Waals surface area contributed by atoms with Crippen molar-refractivity contribution >= 4 is 112 Å². The zero-order valence-electron chi connectivity index (χ0n) is 43.2. The van der Waals surface area contributed by atoms with Crippen molar-refractivity contribution in [3.63, 3.8) is 0 Å². The average molecular weight is 1020 g/mol. The molecule has 0 saturated heterocycles. The molecule has 0 spiro atoms. The van der Waals surface area contributed by atoms with Crippen molar-refractivity contribution in [2.45, 2.75) is 0 Å². The SMILES string of the molecule is c1ccc([N+](c2ccccc2)(c2ccccc2)c2cnc3c(c2)c2nc4c([N+](c5ccccc5)(c5ccccc5)c5ccccc5)ccc([N+](c5ccccc5)(c5ccccc5)c5ccccc5)c4nc2c2cccnc23)cc1. The van der Waals surface area contributed by atoms with Crippen LogP contribution in [-0.2, 0) is 0 Å². The minimum absolute atomic E-state index is 0.202. The fraction of sp³-hybridized carbons (Fsp3) is 0. The van der Waals surface area contributed by atoms with Gasteiger partial charge in [-0.05, 0) is 12.1 Å². The maximum atomic E-state index is 6.23. The van der Waals surface area contributed by atoms with Crippen LogP contribution in [0.3, 0.4) is 0 Å². The van der Waals surface area contributed by atoms with Crippen LogP contribution in [0.15, 0.2) is 316 Å². The molecule has 0 atom stereocenters. The summed E-state index contributed by atoms with van der Waals surface area (Å²) in [7, 11) is 0. The minimum Gasteiger partial charge on any atom is -0.254 e. The van der Waals surface area contributed by atoms with Gasteiger partial charge in [-0.2, -0.15) is 13.4 Å². The fourth-order valence-corrected chi connectivity index (χ4v) is 12.3. The van der Waals surface area contributed by atoms with Gasteiger partial charge in [0.25, 0.3) is 0 Å². The predicted molar refractivity (Wildman–Crippen MR) is 328 cm³/mol. The van der Waals surface area contributed by atoms with Gasteiger partial charge in [-0.25, -0.2) is 15.0 Å². The molecule has 7 heteroatoms. The summed E-state index contributed by atoms with van der Waals surface area (Å²) in [6.45, 7) is 0. The predicted octanol–water partition coefficient (Wildman–Crippen LogP) is 19.8. The third kappa shape index (κ3) is 7.41. The Hall–Kier alpha value is -10.3. The first kappa shape index (κ1) is 47.2. The van der Waals surface area contributed by atoms with Crippen LogP contribution in [0.2, 0.25) is 0 Å². The van der Waals surface area contributed by atoms with Crippen molar-refractivity contribution in [2.24, 2.45) is 0 Å². The lowest BCUT2D eigenvalue weighted by atomic mass is 10.00. The van der Waals surface area contributed by atoms with E-state index >= 15 is 0 Å². The molecule has 79 heavy (non-hydrogen) atoms. The van der Waals surface area contributed by atoms with E-state index in [9.17, 15) is 0 Å². The summed E-state index contributed by atoms with van der Waals surface area (Å²) in [4.78, 5) is 23.1. The van der Waals surface area contributed by atoms with Gasteiger partial charge in [0.15, 0.2) is 28.1 Å². The number of para-hydroxylation sites is 9. The summed E-state index contributed by atoms with van der Waals surface area (Å²) in [5.41, 5.74) is 16.6. The summed E-state index contributed by atoms with van der Waals surface area (Å²) in [6.07, 6.45) is 3.88. The first-order valence-electron chi connectivity index (χ1n) is 26.7. The van der Waals surface area contributed by atoms with E-state index < -0.39 is 0 Å². The summed E-state index contributed by atoms with van der Waals surface area (Å²) in [6, 6.07) is 108. The van der Waals surface area contributed by atoms with Gasteiger partial charge in [-0.1, -0.05) is 164 Å². The van der Waals surface area contributed by atoms with Gasteiger partial charge < -0.3 is 0 Å². The molecule has 0 bridgehead atoms. The molecular weight excluding hydrogens is 963 g/mol. The molecule has 11 aromatic carbocycles. The van der Waals surface area contributed by atoms with Crippen LogP contribution in [0.4, 0.5) is 68.2 Å². The number of pyridine rings is 2. The summed E-state index contributed by atoms with van der Waals surface area (Å²) in [5.74, 6) is 0. The second-order valence-electron chi connectivity index (χ2n) is 19.7. The third-order valence-corrected chi connectivity index (χ3v) is 15.6. The molecule has 0 fully saturated rings. The van der Waals surface area contributed by atoms with E-state index in [1.54, 1.807) is 0 Å². The fourth-order valence-electron chi connectivity index (χ4n) is 12.3. The molecule has 0 saturated carbocycles. The Balaban J connectivity index is 1.22. The highest BCUT2D eigenvalue weighted by Crippen LogP contribution is 2.59. The van der Waals surface area contributed by atoms with E-state index in [2.05, 4.69) is 297 Å². The molecule has 0 amide bonds. The molecule has 3 heterocycles. The van der Waals surface area contributed by atoms with Gasteiger partial charge in [0.05, 0.1) is 22.7 Å². The van der Waals surface area contributed by atoms with E-state index in [0.717, 1.165) is 107 Å². The first-order chi connectivity index (χ1) is 39.2. The van der Waals surface area contributed by atoms with Crippen LogP contribution in [0.5, 0.6) is 0 Å². The largest absolute Gasteiger partial charge is 0.254 e. The maximum Gasteiger partial charge on any atom is 0.176 e. The number of fused-ring (bicyclic) bond motifs is 7. The lowest BCUT2D eigenvalue weighted by Crippen LogP contribution is -2.35. The van der Waals surface area contributed by atoms with Crippen molar-refractivity contribution in [1.29, 1.82) is 0 Å². The molecule has 14 rings (SSSR count). The smallest absolute Gasteiger partial charge is 0.176 e. The van der Waals surface area contributed by atoms with Gasteiger partial charge in [-0.3, -0.25) is 4.98 Å². The number of quaternary nitrogens is 3. The van der Waals surface area contributed by atoms with Gasteiger partial charge in [0.2, 0.25) is 0 Å². The molecule has 0 aliphatic carbocycles. The van der Waals surface area contributed by atoms with Gasteiger partial charge in [0.1, 0.15) is 56.7 Å². The Morgan fingerprint density at radius 1 is 0.203 bits per heavy atom. The molecule has 14 aromatic rings. The highest BCUT2D eigenvalue weighted by molar-refractivity contribution is 6.23. The second-order valence-corrected chi connectivity index (χ2v) is 19.7. The average Bonchev–Trinajstić information content (AvgIpc) is 3.71. The van der Waals surface area contributed by atoms with Crippen LogP contribution < -0.4 is 13.4 Å². The molecular formula is C72H52N7+3. The Morgan fingerprint density at radius 3 is 0.797 bits per heavy atom. The number of rotatable bonds is 12. The molecule has 0 aliphatic heterocycles.